The molecule has 2 heteroatoms. The number of aryl methyl sites for hydroxylation is 1. The van der Waals surface area contributed by atoms with E-state index >= 15 is 0 Å². The molecule has 1 N–H and O–H groups in total. The van der Waals surface area contributed by atoms with Crippen LogP contribution in [0.2, 0.25) is 0 Å². The molecule has 0 saturated carbocycles. The molecule has 86 valence electrons. The number of hydrogen-bond donors (Lipinski definition) is 1. The van der Waals surface area contributed by atoms with E-state index in [4.69, 9.17) is 4.74 Å². The van der Waals surface area contributed by atoms with Crippen LogP contribution < -0.4 is 5.32 Å². The van der Waals surface area contributed by atoms with Gasteiger partial charge in [0, 0.05) is 0 Å². The zero-order valence-electron chi connectivity index (χ0n) is 9.99. The minimum atomic E-state index is 0.195. The molecule has 1 aromatic rings. The molecule has 0 aromatic heterocycles. The van der Waals surface area contributed by atoms with Crippen molar-refractivity contribution >= 4 is 0 Å². The van der Waals surface area contributed by atoms with Crippen LogP contribution in [0.3, 0.4) is 0 Å². The molecular formula is C14H19NO. The molecule has 1 aromatic carbocycles. The number of ether oxygens (including phenoxy) is 1. The highest BCUT2D eigenvalue weighted by Crippen LogP contribution is 2.26. The summed E-state index contributed by atoms with van der Waals surface area (Å²) in [7, 11) is 1.98. The molecule has 0 amide bonds. The lowest BCUT2D eigenvalue weighted by atomic mass is 10.0. The number of rotatable bonds is 3. The van der Waals surface area contributed by atoms with Gasteiger partial charge in [0.2, 0.25) is 0 Å². The van der Waals surface area contributed by atoms with Gasteiger partial charge in [-0.3, -0.25) is 0 Å². The molecule has 1 aliphatic heterocycles. The molecule has 2 nitrogen and oxygen atoms in total. The maximum absolute atomic E-state index is 5.72. The molecule has 0 saturated heterocycles. The second kappa shape index (κ2) is 5.17. The fourth-order valence-electron chi connectivity index (χ4n) is 2.10. The first-order valence-electron chi connectivity index (χ1n) is 5.88. The first kappa shape index (κ1) is 11.2. The molecule has 0 radical (unpaired) electrons. The summed E-state index contributed by atoms with van der Waals surface area (Å²) in [6.07, 6.45) is 4.46. The molecule has 1 unspecified atom stereocenters. The Morgan fingerprint density at radius 1 is 1.38 bits per heavy atom. The normalized spacial score (nSPS) is 17.5. The van der Waals surface area contributed by atoms with Crippen LogP contribution in [-0.4, -0.2) is 13.7 Å². The topological polar surface area (TPSA) is 21.3 Å². The van der Waals surface area contributed by atoms with Crippen LogP contribution in [-0.2, 0) is 4.74 Å². The van der Waals surface area contributed by atoms with Gasteiger partial charge in [-0.1, -0.05) is 29.8 Å². The van der Waals surface area contributed by atoms with Crippen LogP contribution in [0.15, 0.2) is 36.1 Å². The Morgan fingerprint density at radius 2 is 2.25 bits per heavy atom. The highest BCUT2D eigenvalue weighted by molar-refractivity contribution is 5.30. The van der Waals surface area contributed by atoms with E-state index in [-0.39, 0.29) is 6.04 Å². The van der Waals surface area contributed by atoms with Crippen molar-refractivity contribution in [3.05, 3.63) is 47.2 Å². The molecule has 0 bridgehead atoms. The molecule has 1 aliphatic rings. The summed E-state index contributed by atoms with van der Waals surface area (Å²) < 4.78 is 5.72. The van der Waals surface area contributed by atoms with Crippen LogP contribution >= 0.6 is 0 Å². The van der Waals surface area contributed by atoms with Gasteiger partial charge in [-0.05, 0) is 38.5 Å². The number of allylic oxidation sites excluding steroid dienone is 1. The van der Waals surface area contributed by atoms with Gasteiger partial charge >= 0.3 is 0 Å². The smallest absolute Gasteiger partial charge is 0.113 e. The fourth-order valence-corrected chi connectivity index (χ4v) is 2.10. The lowest BCUT2D eigenvalue weighted by molar-refractivity contribution is 0.169. The lowest BCUT2D eigenvalue weighted by Gasteiger charge is -2.24. The molecule has 0 fully saturated rings. The Kier molecular flexibility index (Phi) is 3.62. The van der Waals surface area contributed by atoms with Crippen LogP contribution in [0.1, 0.15) is 30.0 Å². The maximum atomic E-state index is 5.72. The van der Waals surface area contributed by atoms with Gasteiger partial charge in [0.1, 0.15) is 5.76 Å². The number of hydrogen-bond acceptors (Lipinski definition) is 2. The zero-order chi connectivity index (χ0) is 11.4. The van der Waals surface area contributed by atoms with E-state index in [0.29, 0.717) is 0 Å². The van der Waals surface area contributed by atoms with E-state index in [1.54, 1.807) is 0 Å². The molecule has 2 rings (SSSR count). The molecule has 1 heterocycles. The van der Waals surface area contributed by atoms with E-state index in [1.807, 2.05) is 7.05 Å². The van der Waals surface area contributed by atoms with Gasteiger partial charge in [-0.2, -0.15) is 0 Å². The molecule has 16 heavy (non-hydrogen) atoms. The van der Waals surface area contributed by atoms with Crippen molar-refractivity contribution in [2.24, 2.45) is 0 Å². The van der Waals surface area contributed by atoms with Gasteiger partial charge in [0.15, 0.2) is 0 Å². The lowest BCUT2D eigenvalue weighted by Crippen LogP contribution is -2.22. The summed E-state index contributed by atoms with van der Waals surface area (Å²) in [4.78, 5) is 0. The highest BCUT2D eigenvalue weighted by atomic mass is 16.5. The van der Waals surface area contributed by atoms with E-state index < -0.39 is 0 Å². The van der Waals surface area contributed by atoms with Gasteiger partial charge in [0.25, 0.3) is 0 Å². The monoisotopic (exact) mass is 217 g/mol. The first-order chi connectivity index (χ1) is 7.81. The van der Waals surface area contributed by atoms with Crippen molar-refractivity contribution in [3.8, 4) is 0 Å². The maximum Gasteiger partial charge on any atom is 0.113 e. The van der Waals surface area contributed by atoms with Crippen molar-refractivity contribution < 1.29 is 4.74 Å². The second-order valence-corrected chi connectivity index (χ2v) is 4.23. The van der Waals surface area contributed by atoms with Gasteiger partial charge in [0.05, 0.1) is 12.6 Å². The van der Waals surface area contributed by atoms with Gasteiger partial charge < -0.3 is 10.1 Å². The third-order valence-electron chi connectivity index (χ3n) is 2.91. The summed E-state index contributed by atoms with van der Waals surface area (Å²) >= 11 is 0. The van der Waals surface area contributed by atoms with E-state index in [1.165, 1.54) is 11.1 Å². The average molecular weight is 217 g/mol. The Hall–Kier alpha value is -1.28. The minimum Gasteiger partial charge on any atom is -0.496 e. The van der Waals surface area contributed by atoms with Crippen molar-refractivity contribution in [1.82, 2.24) is 5.32 Å². The Bertz CT molecular complexity index is 384. The third kappa shape index (κ3) is 2.45. The summed E-state index contributed by atoms with van der Waals surface area (Å²) in [5.41, 5.74) is 2.56. The van der Waals surface area contributed by atoms with Crippen molar-refractivity contribution in [2.45, 2.75) is 25.8 Å². The van der Waals surface area contributed by atoms with Crippen molar-refractivity contribution in [1.29, 1.82) is 0 Å². The first-order valence-corrected chi connectivity index (χ1v) is 5.88. The second-order valence-electron chi connectivity index (χ2n) is 4.23. The Labute approximate surface area is 97.3 Å². The third-order valence-corrected chi connectivity index (χ3v) is 2.91. The fraction of sp³-hybridized carbons (Fsp3) is 0.429. The summed E-state index contributed by atoms with van der Waals surface area (Å²) in [6.45, 7) is 2.96. The average Bonchev–Trinajstić information content (AvgIpc) is 2.31. The Balaban J connectivity index is 2.25. The largest absolute Gasteiger partial charge is 0.496 e. The molecule has 0 spiro atoms. The van der Waals surface area contributed by atoms with E-state index in [9.17, 15) is 0 Å². The van der Waals surface area contributed by atoms with Crippen LogP contribution in [0.4, 0.5) is 0 Å². The zero-order valence-corrected chi connectivity index (χ0v) is 9.99. The number of likely N-dealkylation sites (N-methyl/N-ethyl adjacent to an activating group) is 1. The molecule has 0 aliphatic carbocycles. The molecular weight excluding hydrogens is 198 g/mol. The summed E-state index contributed by atoms with van der Waals surface area (Å²) in [5, 5.41) is 3.32. The van der Waals surface area contributed by atoms with Gasteiger partial charge in [-0.25, -0.2) is 0 Å². The van der Waals surface area contributed by atoms with E-state index in [0.717, 1.165) is 25.2 Å². The Morgan fingerprint density at radius 3 is 2.88 bits per heavy atom. The quantitative estimate of drug-likeness (QED) is 0.840. The van der Waals surface area contributed by atoms with Gasteiger partial charge in [-0.15, -0.1) is 0 Å². The van der Waals surface area contributed by atoms with Crippen molar-refractivity contribution in [3.63, 3.8) is 0 Å². The van der Waals surface area contributed by atoms with Crippen LogP contribution in [0.5, 0.6) is 0 Å². The molecule has 1 atom stereocenters. The summed E-state index contributed by atoms with van der Waals surface area (Å²) in [6, 6.07) is 8.76. The van der Waals surface area contributed by atoms with E-state index in [2.05, 4.69) is 42.6 Å². The highest BCUT2D eigenvalue weighted by Gasteiger charge is 2.17. The number of nitrogens with one attached hydrogen (secondary N) is 1. The van der Waals surface area contributed by atoms with Crippen molar-refractivity contribution in [2.75, 3.05) is 13.7 Å². The minimum absolute atomic E-state index is 0.195. The predicted octanol–water partition coefficient (Wildman–Crippen LogP) is 2.95. The SMILES string of the molecule is CNC(C1=CCCCO1)c1cccc(C)c1. The summed E-state index contributed by atoms with van der Waals surface area (Å²) in [5.74, 6) is 1.07. The van der Waals surface area contributed by atoms with Crippen LogP contribution in [0, 0.1) is 6.92 Å². The predicted molar refractivity (Wildman–Crippen MR) is 66.2 cm³/mol. The standard InChI is InChI=1S/C14H19NO/c1-11-6-5-7-12(10-11)14(15-2)13-8-3-4-9-16-13/h5-8,10,14-15H,3-4,9H2,1-2H3. The number of benzene rings is 1. The van der Waals surface area contributed by atoms with Crippen LogP contribution in [0.25, 0.3) is 0 Å².